The first kappa shape index (κ1) is 11.0. The average molecular weight is 237 g/mol. The second-order valence-electron chi connectivity index (χ2n) is 4.87. The maximum Gasteiger partial charge on any atom is 0.266 e. The van der Waals surface area contributed by atoms with Gasteiger partial charge >= 0.3 is 0 Å². The van der Waals surface area contributed by atoms with Crippen molar-refractivity contribution in [1.29, 1.82) is 0 Å². The van der Waals surface area contributed by atoms with Crippen molar-refractivity contribution in [3.05, 3.63) is 5.89 Å². The van der Waals surface area contributed by atoms with Gasteiger partial charge in [0.25, 0.3) is 5.95 Å². The molecule has 1 atom stereocenters. The van der Waals surface area contributed by atoms with E-state index in [9.17, 15) is 0 Å². The van der Waals surface area contributed by atoms with Gasteiger partial charge in [0.2, 0.25) is 5.89 Å². The lowest BCUT2D eigenvalue weighted by Gasteiger charge is -2.31. The molecule has 3 rings (SSSR count). The number of likely N-dealkylation sites (N-methyl/N-ethyl adjacent to an activating group) is 1. The molecule has 0 unspecified atom stereocenters. The zero-order valence-corrected chi connectivity index (χ0v) is 10.2. The fraction of sp³-hybridized carbons (Fsp3) is 0.818. The van der Waals surface area contributed by atoms with Crippen molar-refractivity contribution in [3.63, 3.8) is 0 Å². The molecule has 2 fully saturated rings. The van der Waals surface area contributed by atoms with Crippen LogP contribution in [0.3, 0.4) is 0 Å². The van der Waals surface area contributed by atoms with Crippen LogP contribution in [-0.2, 0) is 0 Å². The Labute approximate surface area is 101 Å². The molecule has 0 spiro atoms. The number of rotatable bonds is 2. The van der Waals surface area contributed by atoms with Gasteiger partial charge in [-0.1, -0.05) is 0 Å². The predicted molar refractivity (Wildman–Crippen MR) is 64.0 cm³/mol. The number of nitrogens with zero attached hydrogens (tertiary/aromatic N) is 4. The average Bonchev–Trinajstić information content (AvgIpc) is 3.00. The fourth-order valence-corrected chi connectivity index (χ4v) is 2.40. The molecule has 3 heterocycles. The predicted octanol–water partition coefficient (Wildman–Crippen LogP) is 0.246. The van der Waals surface area contributed by atoms with Crippen LogP contribution >= 0.6 is 0 Å². The van der Waals surface area contributed by atoms with E-state index in [1.165, 1.54) is 6.42 Å². The molecule has 2 aliphatic rings. The van der Waals surface area contributed by atoms with E-state index in [1.54, 1.807) is 0 Å². The molecular weight excluding hydrogens is 218 g/mol. The summed E-state index contributed by atoms with van der Waals surface area (Å²) in [5.41, 5.74) is 0. The Balaban J connectivity index is 1.67. The zero-order chi connectivity index (χ0) is 11.7. The minimum atomic E-state index is 0.267. The van der Waals surface area contributed by atoms with Crippen molar-refractivity contribution >= 4 is 5.95 Å². The van der Waals surface area contributed by atoms with Gasteiger partial charge in [0.05, 0.1) is 6.04 Å². The lowest BCUT2D eigenvalue weighted by molar-refractivity contribution is 0.307. The standard InChI is InChI=1S/C11H19N5O/c1-15-5-7-16(8-6-15)11-13-10(17-14-11)9-3-2-4-12-9/h9,12H,2-8H2,1H3/t9-/m0/s1. The van der Waals surface area contributed by atoms with Crippen LogP contribution in [0.25, 0.3) is 0 Å². The van der Waals surface area contributed by atoms with Gasteiger partial charge in [0, 0.05) is 26.2 Å². The summed E-state index contributed by atoms with van der Waals surface area (Å²) in [6.07, 6.45) is 2.29. The third-order valence-electron chi connectivity index (χ3n) is 3.58. The van der Waals surface area contributed by atoms with E-state index in [2.05, 4.69) is 32.3 Å². The van der Waals surface area contributed by atoms with E-state index >= 15 is 0 Å². The molecular formula is C11H19N5O. The Kier molecular flexibility index (Phi) is 2.98. The Bertz CT molecular complexity index is 366. The van der Waals surface area contributed by atoms with Gasteiger partial charge in [-0.25, -0.2) is 0 Å². The number of hydrogen-bond acceptors (Lipinski definition) is 6. The second-order valence-corrected chi connectivity index (χ2v) is 4.87. The van der Waals surface area contributed by atoms with Gasteiger partial charge in [0.15, 0.2) is 0 Å². The summed E-state index contributed by atoms with van der Waals surface area (Å²) in [6.45, 7) is 5.13. The van der Waals surface area contributed by atoms with Crippen LogP contribution in [-0.4, -0.2) is 54.8 Å². The third kappa shape index (κ3) is 2.28. The highest BCUT2D eigenvalue weighted by atomic mass is 16.5. The van der Waals surface area contributed by atoms with Crippen molar-refractivity contribution in [2.45, 2.75) is 18.9 Å². The normalized spacial score (nSPS) is 26.6. The van der Waals surface area contributed by atoms with E-state index in [4.69, 9.17) is 4.52 Å². The summed E-state index contributed by atoms with van der Waals surface area (Å²) in [4.78, 5) is 9.02. The molecule has 1 aromatic rings. The highest BCUT2D eigenvalue weighted by Gasteiger charge is 2.25. The monoisotopic (exact) mass is 237 g/mol. The molecule has 0 aliphatic carbocycles. The number of anilines is 1. The van der Waals surface area contributed by atoms with Crippen molar-refractivity contribution in [2.75, 3.05) is 44.7 Å². The summed E-state index contributed by atoms with van der Waals surface area (Å²) in [5.74, 6) is 1.50. The lowest BCUT2D eigenvalue weighted by Crippen LogP contribution is -2.44. The van der Waals surface area contributed by atoms with Crippen LogP contribution in [0, 0.1) is 0 Å². The molecule has 0 aromatic carbocycles. The lowest BCUT2D eigenvalue weighted by atomic mass is 10.2. The van der Waals surface area contributed by atoms with Gasteiger partial charge in [-0.05, 0) is 31.6 Å². The van der Waals surface area contributed by atoms with Crippen LogP contribution in [0.15, 0.2) is 4.52 Å². The van der Waals surface area contributed by atoms with Crippen LogP contribution in [0.2, 0.25) is 0 Å². The summed E-state index contributed by atoms with van der Waals surface area (Å²) in [6, 6.07) is 0.267. The molecule has 17 heavy (non-hydrogen) atoms. The molecule has 0 bridgehead atoms. The maximum absolute atomic E-state index is 5.35. The SMILES string of the molecule is CN1CCN(c2noc([C@@H]3CCCN3)n2)CC1. The molecule has 0 radical (unpaired) electrons. The number of aromatic nitrogens is 2. The van der Waals surface area contributed by atoms with Crippen LogP contribution in [0.1, 0.15) is 24.8 Å². The Hall–Kier alpha value is -1.14. The minimum absolute atomic E-state index is 0.267. The topological polar surface area (TPSA) is 57.4 Å². The van der Waals surface area contributed by atoms with Crippen molar-refractivity contribution in [2.24, 2.45) is 0 Å². The van der Waals surface area contributed by atoms with E-state index in [1.807, 2.05) is 0 Å². The number of piperazine rings is 1. The Morgan fingerprint density at radius 3 is 2.82 bits per heavy atom. The van der Waals surface area contributed by atoms with E-state index in [-0.39, 0.29) is 6.04 Å². The highest BCUT2D eigenvalue weighted by Crippen LogP contribution is 2.23. The van der Waals surface area contributed by atoms with E-state index < -0.39 is 0 Å². The first-order valence-electron chi connectivity index (χ1n) is 6.33. The molecule has 6 nitrogen and oxygen atoms in total. The molecule has 6 heteroatoms. The maximum atomic E-state index is 5.35. The van der Waals surface area contributed by atoms with Gasteiger partial charge in [-0.2, -0.15) is 4.98 Å². The summed E-state index contributed by atoms with van der Waals surface area (Å²) >= 11 is 0. The van der Waals surface area contributed by atoms with E-state index in [0.29, 0.717) is 0 Å². The molecule has 1 N–H and O–H groups in total. The third-order valence-corrected chi connectivity index (χ3v) is 3.58. The minimum Gasteiger partial charge on any atom is -0.336 e. The van der Waals surface area contributed by atoms with Crippen molar-refractivity contribution in [3.8, 4) is 0 Å². The molecule has 2 aliphatic heterocycles. The van der Waals surface area contributed by atoms with Crippen LogP contribution < -0.4 is 10.2 Å². The number of nitrogens with one attached hydrogen (secondary N) is 1. The molecule has 94 valence electrons. The highest BCUT2D eigenvalue weighted by molar-refractivity contribution is 5.29. The second kappa shape index (κ2) is 4.62. The summed E-state index contributed by atoms with van der Waals surface area (Å²) in [7, 11) is 2.14. The summed E-state index contributed by atoms with van der Waals surface area (Å²) in [5, 5.41) is 7.46. The summed E-state index contributed by atoms with van der Waals surface area (Å²) < 4.78 is 5.35. The molecule has 2 saturated heterocycles. The van der Waals surface area contributed by atoms with Crippen molar-refractivity contribution < 1.29 is 4.52 Å². The van der Waals surface area contributed by atoms with Crippen LogP contribution in [0.5, 0.6) is 0 Å². The van der Waals surface area contributed by atoms with Gasteiger partial charge in [-0.3, -0.25) is 0 Å². The smallest absolute Gasteiger partial charge is 0.266 e. The van der Waals surface area contributed by atoms with Crippen LogP contribution in [0.4, 0.5) is 5.95 Å². The molecule has 1 aromatic heterocycles. The quantitative estimate of drug-likeness (QED) is 0.795. The Morgan fingerprint density at radius 1 is 1.29 bits per heavy atom. The first-order chi connectivity index (χ1) is 8.33. The largest absolute Gasteiger partial charge is 0.336 e. The number of hydrogen-bond donors (Lipinski definition) is 1. The Morgan fingerprint density at radius 2 is 2.12 bits per heavy atom. The zero-order valence-electron chi connectivity index (χ0n) is 10.2. The van der Waals surface area contributed by atoms with Gasteiger partial charge in [0.1, 0.15) is 0 Å². The van der Waals surface area contributed by atoms with Crippen molar-refractivity contribution in [1.82, 2.24) is 20.4 Å². The van der Waals surface area contributed by atoms with Gasteiger partial charge in [-0.15, -0.1) is 0 Å². The fourth-order valence-electron chi connectivity index (χ4n) is 2.40. The first-order valence-corrected chi connectivity index (χ1v) is 6.33. The molecule has 0 saturated carbocycles. The van der Waals surface area contributed by atoms with Gasteiger partial charge < -0.3 is 19.6 Å². The van der Waals surface area contributed by atoms with E-state index in [0.717, 1.165) is 51.0 Å². The molecule has 0 amide bonds.